The van der Waals surface area contributed by atoms with Crippen LogP contribution in [0.4, 0.5) is 13.2 Å². The second-order valence-corrected chi connectivity index (χ2v) is 11.4. The molecule has 12 heteroatoms. The molecule has 0 aliphatic carbocycles. The van der Waals surface area contributed by atoms with Gasteiger partial charge < -0.3 is 19.6 Å². The summed E-state index contributed by atoms with van der Waals surface area (Å²) in [4.78, 5) is 45.5. The Morgan fingerprint density at radius 2 is 1.69 bits per heavy atom. The molecule has 42 heavy (non-hydrogen) atoms. The maximum absolute atomic E-state index is 13.4. The number of aryl methyl sites for hydroxylation is 1. The minimum atomic E-state index is -5.28. The number of hydroxylamine groups is 1. The van der Waals surface area contributed by atoms with Crippen LogP contribution in [0.3, 0.4) is 0 Å². The van der Waals surface area contributed by atoms with E-state index in [1.54, 1.807) is 52.0 Å². The molecule has 2 N–H and O–H groups in total. The molecule has 224 valence electrons. The average Bonchev–Trinajstić information content (AvgIpc) is 3.07. The summed E-state index contributed by atoms with van der Waals surface area (Å²) in [5.74, 6) is -3.61. The van der Waals surface area contributed by atoms with Gasteiger partial charge in [-0.1, -0.05) is 18.2 Å². The van der Waals surface area contributed by atoms with Crippen molar-refractivity contribution in [3.63, 3.8) is 0 Å². The molecule has 1 aliphatic rings. The summed E-state index contributed by atoms with van der Waals surface area (Å²) in [6.45, 7) is 9.06. The molecule has 0 spiro atoms. The fourth-order valence-corrected chi connectivity index (χ4v) is 5.42. The second kappa shape index (κ2) is 11.2. The molecule has 2 amide bonds. The molecule has 1 aromatic heterocycles. The number of hydrogen-bond acceptors (Lipinski definition) is 7. The molecular weight excluding hydrogens is 555 g/mol. The number of para-hydroxylation sites is 1. The number of ether oxygens (including phenoxy) is 2. The number of nitrogens with one attached hydrogen (secondary N) is 2. The van der Waals surface area contributed by atoms with Gasteiger partial charge in [0.25, 0.3) is 11.8 Å². The Kier molecular flexibility index (Phi) is 8.23. The Hall–Kier alpha value is -4.19. The molecule has 2 aromatic carbocycles. The number of carbonyl (C=O) groups excluding carboxylic acids is 3. The van der Waals surface area contributed by atoms with Gasteiger partial charge in [-0.05, 0) is 71.0 Å². The van der Waals surface area contributed by atoms with Gasteiger partial charge in [-0.2, -0.15) is 18.7 Å². The zero-order chi connectivity index (χ0) is 30.9. The highest BCUT2D eigenvalue weighted by atomic mass is 19.4. The number of nitrogens with zero attached hydrogens (tertiary/aromatic N) is 1. The van der Waals surface area contributed by atoms with Crippen LogP contribution in [0.5, 0.6) is 5.75 Å². The molecule has 1 saturated heterocycles. The highest BCUT2D eigenvalue weighted by molar-refractivity contribution is 5.95. The smallest absolute Gasteiger partial charge is 0.489 e. The van der Waals surface area contributed by atoms with Crippen molar-refractivity contribution < 1.29 is 41.9 Å². The van der Waals surface area contributed by atoms with Crippen molar-refractivity contribution in [1.29, 1.82) is 0 Å². The van der Waals surface area contributed by atoms with Crippen LogP contribution >= 0.6 is 0 Å². The molecule has 2 heterocycles. The molecule has 1 aliphatic heterocycles. The fraction of sp³-hybridized carbons (Fsp3) is 0.400. The van der Waals surface area contributed by atoms with Gasteiger partial charge in [-0.15, -0.1) is 0 Å². The lowest BCUT2D eigenvalue weighted by Gasteiger charge is -2.40. The van der Waals surface area contributed by atoms with Gasteiger partial charge in [0, 0.05) is 28.6 Å². The third-order valence-corrected chi connectivity index (χ3v) is 7.16. The number of aromatic nitrogens is 1. The van der Waals surface area contributed by atoms with E-state index >= 15 is 0 Å². The van der Waals surface area contributed by atoms with Crippen molar-refractivity contribution in [1.82, 2.24) is 15.8 Å². The van der Waals surface area contributed by atoms with Crippen molar-refractivity contribution in [3.05, 3.63) is 71.4 Å². The Balaban J connectivity index is 1.47. The Bertz CT molecular complexity index is 1500. The first-order valence-electron chi connectivity index (χ1n) is 13.2. The van der Waals surface area contributed by atoms with Gasteiger partial charge >= 0.3 is 12.1 Å². The van der Waals surface area contributed by atoms with Crippen molar-refractivity contribution in [2.75, 3.05) is 0 Å². The lowest BCUT2D eigenvalue weighted by Crippen LogP contribution is -2.61. The van der Waals surface area contributed by atoms with Crippen LogP contribution in [0, 0.1) is 6.92 Å². The normalized spacial score (nSPS) is 19.2. The van der Waals surface area contributed by atoms with Crippen molar-refractivity contribution in [3.8, 4) is 5.75 Å². The minimum absolute atomic E-state index is 0.153. The van der Waals surface area contributed by atoms with Crippen LogP contribution in [0.15, 0.2) is 54.6 Å². The molecular formula is C30H32F3N3O6. The number of amides is 2. The van der Waals surface area contributed by atoms with E-state index in [2.05, 4.69) is 15.1 Å². The monoisotopic (exact) mass is 587 g/mol. The molecule has 0 radical (unpaired) electrons. The topological polar surface area (TPSA) is 116 Å². The summed E-state index contributed by atoms with van der Waals surface area (Å²) in [6.07, 6.45) is -5.64. The van der Waals surface area contributed by atoms with Gasteiger partial charge in [0.15, 0.2) is 0 Å². The molecule has 9 nitrogen and oxygen atoms in total. The quantitative estimate of drug-likeness (QED) is 0.370. The van der Waals surface area contributed by atoms with E-state index < -0.39 is 47.1 Å². The van der Waals surface area contributed by atoms with Crippen molar-refractivity contribution in [2.24, 2.45) is 0 Å². The molecule has 0 saturated carbocycles. The van der Waals surface area contributed by atoms with Crippen LogP contribution in [0.1, 0.15) is 62.2 Å². The molecule has 1 fully saturated rings. The van der Waals surface area contributed by atoms with Gasteiger partial charge in [0.05, 0.1) is 28.7 Å². The number of hydrogen-bond donors (Lipinski definition) is 2. The number of alkyl halides is 3. The maximum atomic E-state index is 13.4. The lowest BCUT2D eigenvalue weighted by atomic mass is 9.76. The van der Waals surface area contributed by atoms with Gasteiger partial charge in [0.2, 0.25) is 0 Å². The number of halogens is 3. The van der Waals surface area contributed by atoms with E-state index in [0.717, 1.165) is 22.2 Å². The molecule has 1 atom stereocenters. The first-order chi connectivity index (χ1) is 19.5. The largest absolute Gasteiger partial charge is 0.493 e. The summed E-state index contributed by atoms with van der Waals surface area (Å²) >= 11 is 0. The van der Waals surface area contributed by atoms with Crippen LogP contribution < -0.4 is 15.5 Å². The highest BCUT2D eigenvalue weighted by Crippen LogP contribution is 2.47. The second-order valence-electron chi connectivity index (χ2n) is 11.4. The van der Waals surface area contributed by atoms with Gasteiger partial charge in [-0.25, -0.2) is 4.79 Å². The first-order valence-corrected chi connectivity index (χ1v) is 13.2. The van der Waals surface area contributed by atoms with E-state index in [0.29, 0.717) is 5.75 Å². The fourth-order valence-electron chi connectivity index (χ4n) is 5.42. The summed E-state index contributed by atoms with van der Waals surface area (Å²) in [7, 11) is 0. The van der Waals surface area contributed by atoms with Gasteiger partial charge in [-0.3, -0.25) is 14.6 Å². The standard InChI is InChI=1S/C30H32F3N3O6/c1-18-14-20(22-8-6-7-9-23(22)34-18)16-40-21-12-10-19(11-13-21)25(38)35-29(17-27(2,3)42-28(29,4)5)15-24(37)36-41-26(39)30(31,32)33/h6-14H,15-17H2,1-5H3,(H,35,38)(H,36,37). The Labute approximate surface area is 240 Å². The van der Waals surface area contributed by atoms with E-state index in [1.165, 1.54) is 5.48 Å². The van der Waals surface area contributed by atoms with E-state index in [-0.39, 0.29) is 18.6 Å². The molecule has 1 unspecified atom stereocenters. The van der Waals surface area contributed by atoms with E-state index in [9.17, 15) is 27.6 Å². The maximum Gasteiger partial charge on any atom is 0.493 e. The predicted molar refractivity (Wildman–Crippen MR) is 146 cm³/mol. The highest BCUT2D eigenvalue weighted by Gasteiger charge is 2.59. The summed E-state index contributed by atoms with van der Waals surface area (Å²) in [5.41, 5.74) is 1.23. The number of benzene rings is 2. The van der Waals surface area contributed by atoms with E-state index in [1.807, 2.05) is 37.3 Å². The number of carbonyl (C=O) groups is 3. The summed E-state index contributed by atoms with van der Waals surface area (Å²) < 4.78 is 49.5. The zero-order valence-corrected chi connectivity index (χ0v) is 23.8. The SMILES string of the molecule is Cc1cc(COc2ccc(C(=O)NC3(CC(=O)NOC(=O)C(F)(F)F)CC(C)(C)OC3(C)C)cc2)c2ccccc2n1. The first kappa shape index (κ1) is 30.8. The Morgan fingerprint density at radius 3 is 2.31 bits per heavy atom. The molecule has 0 bridgehead atoms. The van der Waals surface area contributed by atoms with Crippen LogP contribution in [-0.4, -0.2) is 45.7 Å². The van der Waals surface area contributed by atoms with E-state index in [4.69, 9.17) is 9.47 Å². The third-order valence-electron chi connectivity index (χ3n) is 7.16. The predicted octanol–water partition coefficient (Wildman–Crippen LogP) is 5.10. The average molecular weight is 588 g/mol. The number of pyridine rings is 1. The van der Waals surface area contributed by atoms with Crippen LogP contribution in [0.25, 0.3) is 10.9 Å². The summed E-state index contributed by atoms with van der Waals surface area (Å²) in [6, 6.07) is 16.1. The lowest BCUT2D eigenvalue weighted by molar-refractivity contribution is -0.207. The number of fused-ring (bicyclic) bond motifs is 1. The van der Waals surface area contributed by atoms with Crippen LogP contribution in [0.2, 0.25) is 0 Å². The minimum Gasteiger partial charge on any atom is -0.489 e. The summed E-state index contributed by atoms with van der Waals surface area (Å²) in [5, 5.41) is 3.85. The van der Waals surface area contributed by atoms with Crippen LogP contribution in [-0.2, 0) is 25.8 Å². The Morgan fingerprint density at radius 1 is 1.02 bits per heavy atom. The van der Waals surface area contributed by atoms with Crippen molar-refractivity contribution in [2.45, 2.75) is 77.0 Å². The third kappa shape index (κ3) is 6.81. The zero-order valence-electron chi connectivity index (χ0n) is 23.8. The van der Waals surface area contributed by atoms with Crippen molar-refractivity contribution >= 4 is 28.7 Å². The molecule has 3 aromatic rings. The molecule has 4 rings (SSSR count). The number of rotatable bonds is 7. The van der Waals surface area contributed by atoms with Gasteiger partial charge in [0.1, 0.15) is 12.4 Å².